The van der Waals surface area contributed by atoms with Gasteiger partial charge in [-0.15, -0.1) is 11.3 Å². The van der Waals surface area contributed by atoms with E-state index in [1.54, 1.807) is 11.3 Å². The Hall–Kier alpha value is -1.55. The van der Waals surface area contributed by atoms with Crippen LogP contribution in [0.2, 0.25) is 0 Å². The van der Waals surface area contributed by atoms with E-state index < -0.39 is 0 Å². The number of hydrazine groups is 1. The number of benzene rings is 1. The second kappa shape index (κ2) is 3.55. The molecule has 2 heterocycles. The number of rotatable bonds is 2. The SMILES string of the molecule is C1=NCCN1Nc1cc2ccccc2s1. The van der Waals surface area contributed by atoms with Gasteiger partial charge >= 0.3 is 0 Å². The topological polar surface area (TPSA) is 27.6 Å². The average Bonchev–Trinajstić information content (AvgIpc) is 2.86. The lowest BCUT2D eigenvalue weighted by molar-refractivity contribution is 0.560. The summed E-state index contributed by atoms with van der Waals surface area (Å²) < 4.78 is 1.32. The fourth-order valence-corrected chi connectivity index (χ4v) is 2.62. The fraction of sp³-hybridized carbons (Fsp3) is 0.182. The van der Waals surface area contributed by atoms with Gasteiger partial charge in [0.25, 0.3) is 0 Å². The largest absolute Gasteiger partial charge is 0.288 e. The van der Waals surface area contributed by atoms with Crippen molar-refractivity contribution >= 4 is 32.8 Å². The first-order valence-corrected chi connectivity index (χ1v) is 5.75. The standard InChI is InChI=1S/C11H11N3S/c1-2-4-10-9(3-1)7-11(15-10)13-14-6-5-12-8-14/h1-4,7-8,13H,5-6H2. The van der Waals surface area contributed by atoms with E-state index in [0.29, 0.717) is 0 Å². The van der Waals surface area contributed by atoms with Gasteiger partial charge in [-0.1, -0.05) is 18.2 Å². The molecule has 2 aromatic rings. The molecule has 1 aliphatic rings. The molecule has 3 rings (SSSR count). The summed E-state index contributed by atoms with van der Waals surface area (Å²) >= 11 is 1.77. The summed E-state index contributed by atoms with van der Waals surface area (Å²) in [5.74, 6) is 0. The molecule has 0 spiro atoms. The second-order valence-corrected chi connectivity index (χ2v) is 4.56. The van der Waals surface area contributed by atoms with Crippen molar-refractivity contribution in [3.05, 3.63) is 30.3 Å². The number of nitrogens with zero attached hydrogens (tertiary/aromatic N) is 2. The fourth-order valence-electron chi connectivity index (χ4n) is 1.64. The third-order valence-corrected chi connectivity index (χ3v) is 3.39. The van der Waals surface area contributed by atoms with E-state index in [9.17, 15) is 0 Å². The van der Waals surface area contributed by atoms with E-state index in [0.717, 1.165) is 13.1 Å². The molecule has 1 aliphatic heterocycles. The molecule has 4 heteroatoms. The van der Waals surface area contributed by atoms with E-state index in [2.05, 4.69) is 40.8 Å². The lowest BCUT2D eigenvalue weighted by atomic mass is 10.3. The third kappa shape index (κ3) is 1.68. The van der Waals surface area contributed by atoms with Crippen molar-refractivity contribution in [2.45, 2.75) is 0 Å². The van der Waals surface area contributed by atoms with Gasteiger partial charge in [-0.05, 0) is 17.5 Å². The molecule has 0 fully saturated rings. The maximum atomic E-state index is 4.16. The summed E-state index contributed by atoms with van der Waals surface area (Å²) in [5.41, 5.74) is 3.33. The summed E-state index contributed by atoms with van der Waals surface area (Å²) in [6.45, 7) is 1.84. The summed E-state index contributed by atoms with van der Waals surface area (Å²) in [6, 6.07) is 10.6. The van der Waals surface area contributed by atoms with Crippen LogP contribution in [0.15, 0.2) is 35.3 Å². The third-order valence-electron chi connectivity index (χ3n) is 2.37. The van der Waals surface area contributed by atoms with Gasteiger partial charge in [-0.25, -0.2) is 0 Å². The Bertz CT molecular complexity index is 470. The number of thiophene rings is 1. The molecule has 0 bridgehead atoms. The Morgan fingerprint density at radius 3 is 3.07 bits per heavy atom. The predicted octanol–water partition coefficient (Wildman–Crippen LogP) is 2.57. The molecule has 0 saturated carbocycles. The van der Waals surface area contributed by atoms with Crippen LogP contribution in [0.4, 0.5) is 5.00 Å². The van der Waals surface area contributed by atoms with Gasteiger partial charge < -0.3 is 0 Å². The Kier molecular flexibility index (Phi) is 2.07. The van der Waals surface area contributed by atoms with Crippen molar-refractivity contribution in [1.82, 2.24) is 5.01 Å². The summed E-state index contributed by atoms with van der Waals surface area (Å²) in [7, 11) is 0. The van der Waals surface area contributed by atoms with E-state index in [4.69, 9.17) is 0 Å². The maximum absolute atomic E-state index is 4.16. The lowest BCUT2D eigenvalue weighted by Gasteiger charge is -2.14. The van der Waals surface area contributed by atoms with Gasteiger partial charge in [0.2, 0.25) is 0 Å². The summed E-state index contributed by atoms with van der Waals surface area (Å²) in [6.07, 6.45) is 1.85. The Balaban J connectivity index is 1.88. The van der Waals surface area contributed by atoms with Crippen LogP contribution < -0.4 is 5.43 Å². The molecule has 0 radical (unpaired) electrons. The Morgan fingerprint density at radius 1 is 1.33 bits per heavy atom. The highest BCUT2D eigenvalue weighted by atomic mass is 32.1. The van der Waals surface area contributed by atoms with Crippen molar-refractivity contribution in [3.63, 3.8) is 0 Å². The highest BCUT2D eigenvalue weighted by molar-refractivity contribution is 7.22. The van der Waals surface area contributed by atoms with Crippen molar-refractivity contribution in [2.24, 2.45) is 4.99 Å². The zero-order valence-corrected chi connectivity index (χ0v) is 9.00. The molecule has 15 heavy (non-hydrogen) atoms. The van der Waals surface area contributed by atoms with Crippen LogP contribution in [0, 0.1) is 0 Å². The van der Waals surface area contributed by atoms with Crippen LogP contribution in [0.3, 0.4) is 0 Å². The van der Waals surface area contributed by atoms with E-state index in [-0.39, 0.29) is 0 Å². The molecule has 0 unspecified atom stereocenters. The number of aliphatic imine (C=N–C) groups is 1. The van der Waals surface area contributed by atoms with Crippen molar-refractivity contribution in [2.75, 3.05) is 18.5 Å². The number of hydrogen-bond acceptors (Lipinski definition) is 4. The lowest BCUT2D eigenvalue weighted by Crippen LogP contribution is -2.25. The molecular weight excluding hydrogens is 206 g/mol. The minimum Gasteiger partial charge on any atom is -0.288 e. The molecule has 0 atom stereocenters. The Morgan fingerprint density at radius 2 is 2.27 bits per heavy atom. The molecule has 76 valence electrons. The molecule has 3 nitrogen and oxygen atoms in total. The monoisotopic (exact) mass is 217 g/mol. The first kappa shape index (κ1) is 8.73. The van der Waals surface area contributed by atoms with E-state index in [1.165, 1.54) is 15.1 Å². The molecule has 0 amide bonds. The smallest absolute Gasteiger partial charge is 0.108 e. The molecule has 1 aromatic carbocycles. The molecule has 1 N–H and O–H groups in total. The van der Waals surface area contributed by atoms with Crippen LogP contribution in [0.5, 0.6) is 0 Å². The van der Waals surface area contributed by atoms with Gasteiger partial charge in [-0.3, -0.25) is 15.4 Å². The zero-order valence-electron chi connectivity index (χ0n) is 8.18. The van der Waals surface area contributed by atoms with Crippen LogP contribution in [-0.4, -0.2) is 24.4 Å². The van der Waals surface area contributed by atoms with E-state index >= 15 is 0 Å². The van der Waals surface area contributed by atoms with Gasteiger partial charge in [0.15, 0.2) is 0 Å². The van der Waals surface area contributed by atoms with Crippen molar-refractivity contribution < 1.29 is 0 Å². The predicted molar refractivity (Wildman–Crippen MR) is 65.5 cm³/mol. The number of fused-ring (bicyclic) bond motifs is 1. The first-order chi connectivity index (χ1) is 7.42. The maximum Gasteiger partial charge on any atom is 0.108 e. The summed E-state index contributed by atoms with van der Waals surface area (Å²) in [5, 5.41) is 4.48. The normalized spacial score (nSPS) is 15.1. The number of hydrogen-bond donors (Lipinski definition) is 1. The molecule has 0 saturated heterocycles. The number of anilines is 1. The van der Waals surface area contributed by atoms with Crippen molar-refractivity contribution in [3.8, 4) is 0 Å². The highest BCUT2D eigenvalue weighted by Crippen LogP contribution is 2.29. The first-order valence-electron chi connectivity index (χ1n) is 4.94. The zero-order chi connectivity index (χ0) is 10.1. The van der Waals surface area contributed by atoms with Crippen LogP contribution in [0.25, 0.3) is 10.1 Å². The van der Waals surface area contributed by atoms with Gasteiger partial charge in [0, 0.05) is 4.70 Å². The van der Waals surface area contributed by atoms with Gasteiger partial charge in [0.1, 0.15) is 11.3 Å². The molecule has 0 aliphatic carbocycles. The molecule has 1 aromatic heterocycles. The minimum absolute atomic E-state index is 0.887. The quantitative estimate of drug-likeness (QED) is 0.837. The van der Waals surface area contributed by atoms with Crippen molar-refractivity contribution in [1.29, 1.82) is 0 Å². The minimum atomic E-state index is 0.887. The van der Waals surface area contributed by atoms with Crippen LogP contribution in [-0.2, 0) is 0 Å². The average molecular weight is 217 g/mol. The second-order valence-electron chi connectivity index (χ2n) is 3.48. The van der Waals surface area contributed by atoms with Crippen LogP contribution in [0.1, 0.15) is 0 Å². The van der Waals surface area contributed by atoms with E-state index in [1.807, 2.05) is 11.3 Å². The number of nitrogens with one attached hydrogen (secondary N) is 1. The van der Waals surface area contributed by atoms with Gasteiger partial charge in [-0.2, -0.15) is 0 Å². The molecular formula is C11H11N3S. The Labute approximate surface area is 92.0 Å². The van der Waals surface area contributed by atoms with Gasteiger partial charge in [0.05, 0.1) is 13.1 Å². The summed E-state index contributed by atoms with van der Waals surface area (Å²) in [4.78, 5) is 4.16. The van der Waals surface area contributed by atoms with Crippen LogP contribution >= 0.6 is 11.3 Å². The highest BCUT2D eigenvalue weighted by Gasteiger charge is 2.06.